The van der Waals surface area contributed by atoms with Crippen LogP contribution in [-0.4, -0.2) is 29.3 Å². The Morgan fingerprint density at radius 2 is 1.66 bits per heavy atom. The predicted molar refractivity (Wildman–Crippen MR) is 114 cm³/mol. The van der Waals surface area contributed by atoms with Crippen LogP contribution in [0.5, 0.6) is 0 Å². The Balaban J connectivity index is 1.53. The molecule has 4 heteroatoms. The Bertz CT molecular complexity index is 850. The highest BCUT2D eigenvalue weighted by molar-refractivity contribution is 5.90. The van der Waals surface area contributed by atoms with Gasteiger partial charge in [0.25, 0.3) is 0 Å². The van der Waals surface area contributed by atoms with Crippen molar-refractivity contribution in [2.45, 2.75) is 51.1 Å². The summed E-state index contributed by atoms with van der Waals surface area (Å²) in [6.07, 6.45) is 2.33. The fourth-order valence-electron chi connectivity index (χ4n) is 4.54. The lowest BCUT2D eigenvalue weighted by molar-refractivity contribution is -0.141. The summed E-state index contributed by atoms with van der Waals surface area (Å²) in [6, 6.07) is 19.9. The van der Waals surface area contributed by atoms with Crippen molar-refractivity contribution < 1.29 is 9.59 Å². The molecule has 1 aliphatic carbocycles. The zero-order chi connectivity index (χ0) is 20.4. The maximum Gasteiger partial charge on any atom is 0.243 e. The predicted octanol–water partition coefficient (Wildman–Crippen LogP) is 4.29. The molecule has 4 nitrogen and oxygen atoms in total. The van der Waals surface area contributed by atoms with E-state index in [1.165, 1.54) is 5.56 Å². The number of carbonyl (C=O) groups excluding carboxylic acids is 2. The van der Waals surface area contributed by atoms with E-state index in [4.69, 9.17) is 0 Å². The monoisotopic (exact) mass is 390 g/mol. The van der Waals surface area contributed by atoms with Crippen LogP contribution in [0.1, 0.15) is 56.2 Å². The van der Waals surface area contributed by atoms with Crippen molar-refractivity contribution in [3.63, 3.8) is 0 Å². The molecule has 0 spiro atoms. The second kappa shape index (κ2) is 8.40. The van der Waals surface area contributed by atoms with Crippen LogP contribution >= 0.6 is 0 Å². The molecule has 29 heavy (non-hydrogen) atoms. The van der Waals surface area contributed by atoms with Crippen LogP contribution in [0, 0.1) is 11.8 Å². The molecule has 1 aliphatic heterocycles. The molecule has 0 unspecified atom stereocenters. The summed E-state index contributed by atoms with van der Waals surface area (Å²) < 4.78 is 0. The first-order valence-electron chi connectivity index (χ1n) is 10.8. The van der Waals surface area contributed by atoms with Gasteiger partial charge in [-0.2, -0.15) is 0 Å². The van der Waals surface area contributed by atoms with Crippen molar-refractivity contribution in [1.82, 2.24) is 10.2 Å². The molecule has 2 aliphatic rings. The van der Waals surface area contributed by atoms with Crippen LogP contribution in [0.15, 0.2) is 60.7 Å². The van der Waals surface area contributed by atoms with Crippen molar-refractivity contribution >= 4 is 11.8 Å². The Labute approximate surface area is 173 Å². The lowest BCUT2D eigenvalue weighted by Gasteiger charge is -2.30. The van der Waals surface area contributed by atoms with E-state index in [1.54, 1.807) is 0 Å². The van der Waals surface area contributed by atoms with Gasteiger partial charge in [0, 0.05) is 12.5 Å². The smallest absolute Gasteiger partial charge is 0.243 e. The minimum atomic E-state index is -0.381. The maximum atomic E-state index is 13.4. The second-order valence-electron chi connectivity index (χ2n) is 8.80. The first-order chi connectivity index (χ1) is 14.0. The minimum absolute atomic E-state index is 0.00753. The summed E-state index contributed by atoms with van der Waals surface area (Å²) in [4.78, 5) is 28.4. The molecule has 0 radical (unpaired) electrons. The van der Waals surface area contributed by atoms with E-state index in [0.29, 0.717) is 24.8 Å². The van der Waals surface area contributed by atoms with E-state index in [0.717, 1.165) is 18.4 Å². The Morgan fingerprint density at radius 3 is 2.28 bits per heavy atom. The molecule has 2 fully saturated rings. The van der Waals surface area contributed by atoms with Gasteiger partial charge < -0.3 is 10.2 Å². The van der Waals surface area contributed by atoms with E-state index < -0.39 is 0 Å². The zero-order valence-electron chi connectivity index (χ0n) is 17.3. The number of rotatable bonds is 5. The van der Waals surface area contributed by atoms with Gasteiger partial charge in [-0.1, -0.05) is 74.5 Å². The van der Waals surface area contributed by atoms with Gasteiger partial charge in [-0.3, -0.25) is 9.59 Å². The van der Waals surface area contributed by atoms with Crippen molar-refractivity contribution in [2.75, 3.05) is 6.54 Å². The van der Waals surface area contributed by atoms with Crippen molar-refractivity contribution in [3.8, 4) is 0 Å². The average molecular weight is 391 g/mol. The largest absolute Gasteiger partial charge is 0.347 e. The summed E-state index contributed by atoms with van der Waals surface area (Å²) >= 11 is 0. The fourth-order valence-corrected chi connectivity index (χ4v) is 4.54. The van der Waals surface area contributed by atoms with Crippen LogP contribution in [-0.2, 0) is 9.59 Å². The Kier molecular flexibility index (Phi) is 5.70. The maximum absolute atomic E-state index is 13.4. The third kappa shape index (κ3) is 4.36. The Morgan fingerprint density at radius 1 is 1.03 bits per heavy atom. The van der Waals surface area contributed by atoms with Crippen LogP contribution in [0.25, 0.3) is 0 Å². The van der Waals surface area contributed by atoms with Crippen molar-refractivity contribution in [1.29, 1.82) is 0 Å². The van der Waals surface area contributed by atoms with Gasteiger partial charge in [0.1, 0.15) is 6.04 Å². The first kappa shape index (κ1) is 19.7. The molecule has 1 N–H and O–H groups in total. The molecule has 1 saturated heterocycles. The third-order valence-electron chi connectivity index (χ3n) is 6.17. The first-order valence-corrected chi connectivity index (χ1v) is 10.8. The zero-order valence-corrected chi connectivity index (χ0v) is 17.3. The van der Waals surface area contributed by atoms with Gasteiger partial charge in [-0.15, -0.1) is 0 Å². The average Bonchev–Trinajstić information content (AvgIpc) is 3.54. The summed E-state index contributed by atoms with van der Waals surface area (Å²) in [6.45, 7) is 4.84. The number of carbonyl (C=O) groups is 2. The van der Waals surface area contributed by atoms with E-state index >= 15 is 0 Å². The summed E-state index contributed by atoms with van der Waals surface area (Å²) in [7, 11) is 0. The molecule has 0 bridgehead atoms. The molecule has 4 atom stereocenters. The van der Waals surface area contributed by atoms with Gasteiger partial charge in [-0.25, -0.2) is 0 Å². The van der Waals surface area contributed by atoms with Gasteiger partial charge in [-0.05, 0) is 42.2 Å². The highest BCUT2D eigenvalue weighted by Crippen LogP contribution is 2.49. The van der Waals surface area contributed by atoms with Gasteiger partial charge in [0.2, 0.25) is 11.8 Å². The molecule has 2 amide bonds. The number of nitrogens with one attached hydrogen (secondary N) is 1. The highest BCUT2D eigenvalue weighted by Gasteiger charge is 2.48. The summed E-state index contributed by atoms with van der Waals surface area (Å²) in [5.41, 5.74) is 2.33. The van der Waals surface area contributed by atoms with Crippen LogP contribution in [0.3, 0.4) is 0 Å². The van der Waals surface area contributed by atoms with E-state index in [2.05, 4.69) is 31.3 Å². The molecule has 1 saturated carbocycles. The van der Waals surface area contributed by atoms with Crippen LogP contribution in [0.4, 0.5) is 0 Å². The van der Waals surface area contributed by atoms with Gasteiger partial charge >= 0.3 is 0 Å². The standard InChI is InChI=1S/C25H30N2O2/c1-17(2)15-23-24(28)26-22(19-11-7-4-8-12-19)13-14-27(23)25(29)21-16-20(21)18-9-5-3-6-10-18/h3-12,17,20-23H,13-16H2,1-2H3,(H,26,28)/t20-,21+,22-,23-/m0/s1. The number of benzene rings is 2. The normalized spacial score (nSPS) is 26.7. The molecule has 2 aromatic carbocycles. The van der Waals surface area contributed by atoms with Crippen molar-refractivity contribution in [2.24, 2.45) is 11.8 Å². The molecule has 1 heterocycles. The lowest BCUT2D eigenvalue weighted by Crippen LogP contribution is -2.48. The van der Waals surface area contributed by atoms with E-state index in [1.807, 2.05) is 53.4 Å². The number of amides is 2. The Hall–Kier alpha value is -2.62. The van der Waals surface area contributed by atoms with E-state index in [9.17, 15) is 9.59 Å². The molecule has 4 rings (SSSR count). The fraction of sp³-hybridized carbons (Fsp3) is 0.440. The van der Waals surface area contributed by atoms with Crippen molar-refractivity contribution in [3.05, 3.63) is 71.8 Å². The quantitative estimate of drug-likeness (QED) is 0.828. The van der Waals surface area contributed by atoms with E-state index in [-0.39, 0.29) is 29.8 Å². The molecular weight excluding hydrogens is 360 g/mol. The number of hydrogen-bond acceptors (Lipinski definition) is 2. The van der Waals surface area contributed by atoms with Gasteiger partial charge in [0.05, 0.1) is 6.04 Å². The SMILES string of the molecule is CC(C)C[C@H]1C(=O)N[C@H](c2ccccc2)CCN1C(=O)[C@@H]1C[C@H]1c1ccccc1. The highest BCUT2D eigenvalue weighted by atomic mass is 16.2. The van der Waals surface area contributed by atoms with Gasteiger partial charge in [0.15, 0.2) is 0 Å². The molecule has 2 aromatic rings. The third-order valence-corrected chi connectivity index (χ3v) is 6.17. The lowest BCUT2D eigenvalue weighted by atomic mass is 10.0. The second-order valence-corrected chi connectivity index (χ2v) is 8.80. The minimum Gasteiger partial charge on any atom is -0.347 e. The van der Waals surface area contributed by atoms with Crippen LogP contribution < -0.4 is 5.32 Å². The topological polar surface area (TPSA) is 49.4 Å². The summed E-state index contributed by atoms with van der Waals surface area (Å²) in [5, 5.41) is 3.20. The number of nitrogens with zero attached hydrogens (tertiary/aromatic N) is 1. The molecule has 152 valence electrons. The molecular formula is C25H30N2O2. The molecule has 0 aromatic heterocycles. The summed E-state index contributed by atoms with van der Waals surface area (Å²) in [5.74, 6) is 0.773. The number of hydrogen-bond donors (Lipinski definition) is 1. The van der Waals surface area contributed by atoms with Crippen LogP contribution in [0.2, 0.25) is 0 Å².